The second-order valence-electron chi connectivity index (χ2n) is 11.2. The maximum atomic E-state index is 12.3. The maximum Gasteiger partial charge on any atom is 0.417 e. The van der Waals surface area contributed by atoms with Gasteiger partial charge < -0.3 is 14.4 Å². The summed E-state index contributed by atoms with van der Waals surface area (Å²) in [6.07, 6.45) is -6.51. The van der Waals surface area contributed by atoms with Gasteiger partial charge >= 0.3 is 12.4 Å². The normalized spacial score (nSPS) is 11.9. The van der Waals surface area contributed by atoms with E-state index in [-0.39, 0.29) is 31.4 Å². The molecule has 0 saturated carbocycles. The Labute approximate surface area is 276 Å². The molecule has 3 aromatic carbocycles. The van der Waals surface area contributed by atoms with Crippen LogP contribution in [0.25, 0.3) is 44.5 Å². The molecular formula is C36H28F6IrN2O-2. The van der Waals surface area contributed by atoms with Crippen molar-refractivity contribution in [3.8, 4) is 22.5 Å². The summed E-state index contributed by atoms with van der Waals surface area (Å²) in [5, 5.41) is 2.25. The summed E-state index contributed by atoms with van der Waals surface area (Å²) in [6.45, 7) is 8.77. The third-order valence-electron chi connectivity index (χ3n) is 7.34. The van der Waals surface area contributed by atoms with Gasteiger partial charge in [-0.25, -0.2) is 0 Å². The fourth-order valence-electron chi connectivity index (χ4n) is 4.70. The van der Waals surface area contributed by atoms with Gasteiger partial charge in [0.25, 0.3) is 0 Å². The van der Waals surface area contributed by atoms with Gasteiger partial charge in [-0.15, -0.1) is 65.2 Å². The first-order valence-electron chi connectivity index (χ1n) is 14.2. The monoisotopic (exact) mass is 811 g/mol. The van der Waals surface area contributed by atoms with Crippen LogP contribution in [0.2, 0.25) is 0 Å². The van der Waals surface area contributed by atoms with E-state index in [1.54, 1.807) is 0 Å². The van der Waals surface area contributed by atoms with Crippen LogP contribution >= 0.6 is 0 Å². The number of rotatable bonds is 4. The summed E-state index contributed by atoms with van der Waals surface area (Å²) in [6, 6.07) is 25.1. The maximum absolute atomic E-state index is 12.3. The van der Waals surface area contributed by atoms with Crippen LogP contribution in [0.1, 0.15) is 61.8 Å². The van der Waals surface area contributed by atoms with E-state index < -0.39 is 23.5 Å². The van der Waals surface area contributed by atoms with Gasteiger partial charge in [-0.3, -0.25) is 0 Å². The van der Waals surface area contributed by atoms with Crippen LogP contribution in [-0.2, 0) is 32.5 Å². The molecule has 0 fully saturated rings. The van der Waals surface area contributed by atoms with E-state index in [2.05, 4.69) is 86.2 Å². The molecule has 0 N–H and O–H groups in total. The third kappa shape index (κ3) is 7.68. The van der Waals surface area contributed by atoms with Crippen molar-refractivity contribution in [2.75, 3.05) is 0 Å². The van der Waals surface area contributed by atoms with Gasteiger partial charge in [0.15, 0.2) is 0 Å². The molecule has 241 valence electrons. The second-order valence-corrected chi connectivity index (χ2v) is 11.2. The van der Waals surface area contributed by atoms with Crippen LogP contribution < -0.4 is 0 Å². The van der Waals surface area contributed by atoms with Gasteiger partial charge in [0.05, 0.1) is 5.56 Å². The Morgan fingerprint density at radius 3 is 1.83 bits per heavy atom. The standard InChI is InChI=1S/C23H22NO.C13H6F6N.Ir/c1-14(2)16-5-7-17(8-6-16)22-23-20(11-12-24-22)19-10-9-18(15(3)4)13-21(19)25-23;14-12(15,16)9-3-1-8(2-4-9)11-6-5-10(7-20-11)13(17,18)19;/h5-7,9-15H,1-4H3;1,3-7H;/q2*-1;. The molecule has 0 aliphatic heterocycles. The number of furan rings is 1. The molecule has 0 saturated heterocycles. The molecule has 0 unspecified atom stereocenters. The first-order chi connectivity index (χ1) is 21.2. The first kappa shape index (κ1) is 34.9. The van der Waals surface area contributed by atoms with E-state index in [1.807, 2.05) is 12.3 Å². The largest absolute Gasteiger partial charge is 0.464 e. The quantitative estimate of drug-likeness (QED) is 0.132. The second kappa shape index (κ2) is 13.8. The Morgan fingerprint density at radius 1 is 0.652 bits per heavy atom. The van der Waals surface area contributed by atoms with Gasteiger partial charge in [-0.2, -0.15) is 26.3 Å². The van der Waals surface area contributed by atoms with E-state index in [9.17, 15) is 26.3 Å². The summed E-state index contributed by atoms with van der Waals surface area (Å²) >= 11 is 0. The molecule has 3 nitrogen and oxygen atoms in total. The minimum Gasteiger partial charge on any atom is -0.464 e. The van der Waals surface area contributed by atoms with Gasteiger partial charge in [0.1, 0.15) is 11.2 Å². The number of benzene rings is 3. The molecule has 6 rings (SSSR count). The molecule has 1 radical (unpaired) electrons. The molecule has 0 aliphatic carbocycles. The summed E-state index contributed by atoms with van der Waals surface area (Å²) in [5.41, 5.74) is 4.66. The zero-order chi connectivity index (χ0) is 32.5. The van der Waals surface area contributed by atoms with Crippen LogP contribution in [0.15, 0.2) is 89.6 Å². The molecule has 10 heteroatoms. The fourth-order valence-corrected chi connectivity index (χ4v) is 4.70. The van der Waals surface area contributed by atoms with E-state index in [0.717, 1.165) is 63.5 Å². The SMILES string of the molecule is CC(C)c1c[c-]c(-c2nccc3c2oc2cc(C(C)C)ccc23)cc1.FC(F)(F)c1c[c-]c(-c2ccc(C(F)(F)F)cn2)cc1.[Ir]. The third-order valence-corrected chi connectivity index (χ3v) is 7.34. The Bertz CT molecular complexity index is 1850. The van der Waals surface area contributed by atoms with E-state index >= 15 is 0 Å². The Morgan fingerprint density at radius 2 is 1.28 bits per heavy atom. The summed E-state index contributed by atoms with van der Waals surface area (Å²) < 4.78 is 80.3. The number of pyridine rings is 2. The average Bonchev–Trinajstić information content (AvgIpc) is 3.39. The van der Waals surface area contributed by atoms with Crippen molar-refractivity contribution < 1.29 is 50.9 Å². The molecular weight excluding hydrogens is 783 g/mol. The van der Waals surface area contributed by atoms with Crippen LogP contribution in [0, 0.1) is 12.1 Å². The zero-order valence-electron chi connectivity index (χ0n) is 25.1. The number of hydrogen-bond acceptors (Lipinski definition) is 3. The molecule has 46 heavy (non-hydrogen) atoms. The van der Waals surface area contributed by atoms with Crippen molar-refractivity contribution in [2.45, 2.75) is 51.9 Å². The molecule has 0 bridgehead atoms. The zero-order valence-corrected chi connectivity index (χ0v) is 27.5. The van der Waals surface area contributed by atoms with E-state index in [4.69, 9.17) is 4.42 Å². The number of fused-ring (bicyclic) bond motifs is 3. The van der Waals surface area contributed by atoms with E-state index in [1.165, 1.54) is 11.1 Å². The molecule has 3 heterocycles. The topological polar surface area (TPSA) is 38.9 Å². The van der Waals surface area contributed by atoms with Gasteiger partial charge in [-0.1, -0.05) is 57.9 Å². The number of aromatic nitrogens is 2. The van der Waals surface area contributed by atoms with Crippen LogP contribution in [0.4, 0.5) is 26.3 Å². The van der Waals surface area contributed by atoms with Crippen molar-refractivity contribution in [1.29, 1.82) is 0 Å². The molecule has 0 spiro atoms. The van der Waals surface area contributed by atoms with Crippen molar-refractivity contribution in [3.05, 3.63) is 120 Å². The smallest absolute Gasteiger partial charge is 0.417 e. The first-order valence-corrected chi connectivity index (χ1v) is 14.2. The number of halogens is 6. The van der Waals surface area contributed by atoms with Crippen molar-refractivity contribution in [1.82, 2.24) is 9.97 Å². The van der Waals surface area contributed by atoms with Crippen LogP contribution in [-0.4, -0.2) is 9.97 Å². The average molecular weight is 811 g/mol. The molecule has 0 atom stereocenters. The number of alkyl halides is 6. The van der Waals surface area contributed by atoms with Gasteiger partial charge in [-0.05, 0) is 34.9 Å². The van der Waals surface area contributed by atoms with Crippen LogP contribution in [0.3, 0.4) is 0 Å². The summed E-state index contributed by atoms with van der Waals surface area (Å²) in [4.78, 5) is 8.15. The van der Waals surface area contributed by atoms with Crippen molar-refractivity contribution in [3.63, 3.8) is 0 Å². The Hall–Kier alpha value is -4.01. The molecule has 0 aliphatic rings. The van der Waals surface area contributed by atoms with Crippen LogP contribution in [0.5, 0.6) is 0 Å². The van der Waals surface area contributed by atoms with Gasteiger partial charge in [0, 0.05) is 49.0 Å². The predicted octanol–water partition coefficient (Wildman–Crippen LogP) is 11.3. The fraction of sp³-hybridized carbons (Fsp3) is 0.222. The number of nitrogens with zero attached hydrogens (tertiary/aromatic N) is 2. The summed E-state index contributed by atoms with van der Waals surface area (Å²) in [7, 11) is 0. The molecule has 3 aromatic heterocycles. The van der Waals surface area contributed by atoms with E-state index in [0.29, 0.717) is 18.0 Å². The van der Waals surface area contributed by atoms with Crippen molar-refractivity contribution in [2.24, 2.45) is 0 Å². The number of hydrogen-bond donors (Lipinski definition) is 0. The minimum atomic E-state index is -4.50. The van der Waals surface area contributed by atoms with Gasteiger partial charge in [0.2, 0.25) is 0 Å². The minimum absolute atomic E-state index is 0. The summed E-state index contributed by atoms with van der Waals surface area (Å²) in [5.74, 6) is 0.974. The Balaban J connectivity index is 0.000000210. The van der Waals surface area contributed by atoms with Crippen molar-refractivity contribution >= 4 is 21.9 Å². The molecule has 0 amide bonds. The predicted molar refractivity (Wildman–Crippen MR) is 162 cm³/mol. The molecule has 6 aromatic rings. The Kier molecular flexibility index (Phi) is 10.4.